The largest absolute Gasteiger partial charge is 0.496 e. The number of aryl methyl sites for hydroxylation is 2. The van der Waals surface area contributed by atoms with Crippen LogP contribution in [0.15, 0.2) is 12.1 Å². The summed E-state index contributed by atoms with van der Waals surface area (Å²) in [5, 5.41) is 3.40. The van der Waals surface area contributed by atoms with Gasteiger partial charge in [0.05, 0.1) is 12.7 Å². The highest BCUT2D eigenvalue weighted by Crippen LogP contribution is 2.27. The first-order valence-corrected chi connectivity index (χ1v) is 7.51. The van der Waals surface area contributed by atoms with Crippen molar-refractivity contribution in [3.63, 3.8) is 0 Å². The first-order chi connectivity index (χ1) is 9.61. The number of Topliss-reactive ketones (excluding diaryl/α,β-unsaturated/α-hetero) is 1. The highest BCUT2D eigenvalue weighted by atomic mass is 16.5. The normalized spacial score (nSPS) is 18.9. The summed E-state index contributed by atoms with van der Waals surface area (Å²) in [4.78, 5) is 12.5. The van der Waals surface area contributed by atoms with Gasteiger partial charge in [-0.05, 0) is 69.3 Å². The van der Waals surface area contributed by atoms with Crippen molar-refractivity contribution in [2.45, 2.75) is 39.5 Å². The molecule has 110 valence electrons. The van der Waals surface area contributed by atoms with E-state index >= 15 is 0 Å². The summed E-state index contributed by atoms with van der Waals surface area (Å²) >= 11 is 0. The van der Waals surface area contributed by atoms with E-state index in [9.17, 15) is 4.79 Å². The van der Waals surface area contributed by atoms with E-state index < -0.39 is 0 Å². The van der Waals surface area contributed by atoms with Gasteiger partial charge in [-0.15, -0.1) is 0 Å². The second kappa shape index (κ2) is 6.89. The number of carbonyl (C=O) groups excluding carboxylic acids is 1. The van der Waals surface area contributed by atoms with E-state index in [1.807, 2.05) is 19.9 Å². The number of benzene rings is 1. The molecule has 0 spiro atoms. The van der Waals surface area contributed by atoms with Crippen molar-refractivity contribution in [3.8, 4) is 5.75 Å². The Kier molecular flexibility index (Phi) is 5.18. The fourth-order valence-electron chi connectivity index (χ4n) is 3.08. The van der Waals surface area contributed by atoms with Gasteiger partial charge in [0, 0.05) is 6.42 Å². The maximum Gasteiger partial charge on any atom is 0.166 e. The number of methoxy groups -OCH3 is 1. The average molecular weight is 275 g/mol. The van der Waals surface area contributed by atoms with Crippen LogP contribution in [0.1, 0.15) is 47.2 Å². The van der Waals surface area contributed by atoms with Crippen LogP contribution in [0.4, 0.5) is 0 Å². The van der Waals surface area contributed by atoms with Gasteiger partial charge in [-0.1, -0.05) is 6.07 Å². The molecule has 0 radical (unpaired) electrons. The van der Waals surface area contributed by atoms with Gasteiger partial charge in [0.15, 0.2) is 5.78 Å². The molecule has 1 aliphatic rings. The molecule has 1 aliphatic heterocycles. The standard InChI is InChI=1S/C17H25NO2/c1-12-9-13(2)17(16(10-12)20-3)15(19)7-6-14-5-4-8-18-11-14/h9-10,14,18H,4-8,11H2,1-3H3. The minimum absolute atomic E-state index is 0.213. The lowest BCUT2D eigenvalue weighted by Gasteiger charge is -2.22. The molecule has 3 nitrogen and oxygen atoms in total. The summed E-state index contributed by atoms with van der Waals surface area (Å²) in [6.45, 7) is 6.19. The molecule has 1 aromatic rings. The van der Waals surface area contributed by atoms with E-state index in [4.69, 9.17) is 4.74 Å². The zero-order chi connectivity index (χ0) is 14.5. The summed E-state index contributed by atoms with van der Waals surface area (Å²) in [7, 11) is 1.63. The van der Waals surface area contributed by atoms with Crippen molar-refractivity contribution in [3.05, 3.63) is 28.8 Å². The van der Waals surface area contributed by atoms with Crippen LogP contribution in [0.5, 0.6) is 5.75 Å². The van der Waals surface area contributed by atoms with Gasteiger partial charge in [0.2, 0.25) is 0 Å². The zero-order valence-electron chi connectivity index (χ0n) is 12.8. The molecule has 1 saturated heterocycles. The van der Waals surface area contributed by atoms with Crippen LogP contribution in [-0.2, 0) is 0 Å². The molecule has 1 aromatic carbocycles. The fraction of sp³-hybridized carbons (Fsp3) is 0.588. The van der Waals surface area contributed by atoms with Gasteiger partial charge >= 0.3 is 0 Å². The summed E-state index contributed by atoms with van der Waals surface area (Å²) in [6.07, 6.45) is 4.06. The average Bonchev–Trinajstić information content (AvgIpc) is 2.45. The maximum absolute atomic E-state index is 12.5. The van der Waals surface area contributed by atoms with Crippen LogP contribution in [0.3, 0.4) is 0 Å². The lowest BCUT2D eigenvalue weighted by atomic mass is 9.91. The number of hydrogen-bond acceptors (Lipinski definition) is 3. The first-order valence-electron chi connectivity index (χ1n) is 7.51. The number of hydrogen-bond donors (Lipinski definition) is 1. The summed E-state index contributed by atoms with van der Waals surface area (Å²) < 4.78 is 5.39. The topological polar surface area (TPSA) is 38.3 Å². The molecule has 1 fully saturated rings. The van der Waals surface area contributed by atoms with E-state index in [-0.39, 0.29) is 5.78 Å². The molecule has 0 bridgehead atoms. The van der Waals surface area contributed by atoms with Crippen LogP contribution in [0.25, 0.3) is 0 Å². The van der Waals surface area contributed by atoms with E-state index in [0.717, 1.165) is 36.2 Å². The molecule has 1 N–H and O–H groups in total. The molecular weight excluding hydrogens is 250 g/mol. The third-order valence-electron chi connectivity index (χ3n) is 4.12. The molecule has 1 unspecified atom stereocenters. The van der Waals surface area contributed by atoms with Gasteiger partial charge in [0.25, 0.3) is 0 Å². The van der Waals surface area contributed by atoms with Gasteiger partial charge in [0.1, 0.15) is 5.75 Å². The SMILES string of the molecule is COc1cc(C)cc(C)c1C(=O)CCC1CCCNC1. The number of carbonyl (C=O) groups is 1. The molecule has 1 heterocycles. The van der Waals surface area contributed by atoms with Crippen LogP contribution in [0, 0.1) is 19.8 Å². The predicted octanol–water partition coefficient (Wildman–Crippen LogP) is 3.27. The molecule has 0 amide bonds. The first kappa shape index (κ1) is 15.0. The number of nitrogens with one attached hydrogen (secondary N) is 1. The molecule has 0 saturated carbocycles. The number of piperidine rings is 1. The quantitative estimate of drug-likeness (QED) is 0.838. The number of rotatable bonds is 5. The lowest BCUT2D eigenvalue weighted by Crippen LogP contribution is -2.30. The molecule has 0 aliphatic carbocycles. The molecular formula is C17H25NO2. The maximum atomic E-state index is 12.5. The van der Waals surface area contributed by atoms with Crippen LogP contribution < -0.4 is 10.1 Å². The van der Waals surface area contributed by atoms with Crippen molar-refractivity contribution in [2.75, 3.05) is 20.2 Å². The van der Waals surface area contributed by atoms with E-state index in [0.29, 0.717) is 18.1 Å². The minimum Gasteiger partial charge on any atom is -0.496 e. The minimum atomic E-state index is 0.213. The Morgan fingerprint density at radius 2 is 2.20 bits per heavy atom. The zero-order valence-corrected chi connectivity index (χ0v) is 12.8. The highest BCUT2D eigenvalue weighted by Gasteiger charge is 2.19. The Morgan fingerprint density at radius 3 is 2.85 bits per heavy atom. The Hall–Kier alpha value is -1.35. The Balaban J connectivity index is 2.04. The van der Waals surface area contributed by atoms with Crippen molar-refractivity contribution in [2.24, 2.45) is 5.92 Å². The third kappa shape index (κ3) is 3.60. The molecule has 0 aromatic heterocycles. The summed E-state index contributed by atoms with van der Waals surface area (Å²) in [5.74, 6) is 1.57. The molecule has 20 heavy (non-hydrogen) atoms. The number of ether oxygens (including phenoxy) is 1. The van der Waals surface area contributed by atoms with E-state index in [2.05, 4.69) is 11.4 Å². The highest BCUT2D eigenvalue weighted by molar-refractivity contribution is 6.00. The Labute approximate surface area is 121 Å². The van der Waals surface area contributed by atoms with Crippen molar-refractivity contribution in [1.29, 1.82) is 0 Å². The summed E-state index contributed by atoms with van der Waals surface area (Å²) in [5.41, 5.74) is 2.92. The van der Waals surface area contributed by atoms with Crippen molar-refractivity contribution in [1.82, 2.24) is 5.32 Å². The predicted molar refractivity (Wildman–Crippen MR) is 81.6 cm³/mol. The Morgan fingerprint density at radius 1 is 1.40 bits per heavy atom. The summed E-state index contributed by atoms with van der Waals surface area (Å²) in [6, 6.07) is 4.00. The smallest absolute Gasteiger partial charge is 0.166 e. The van der Waals surface area contributed by atoms with E-state index in [1.165, 1.54) is 12.8 Å². The monoisotopic (exact) mass is 275 g/mol. The molecule has 3 heteroatoms. The van der Waals surface area contributed by atoms with Crippen LogP contribution in [0.2, 0.25) is 0 Å². The van der Waals surface area contributed by atoms with Crippen LogP contribution in [-0.4, -0.2) is 26.0 Å². The second-order valence-corrected chi connectivity index (χ2v) is 5.83. The molecule has 1 atom stereocenters. The fourth-order valence-corrected chi connectivity index (χ4v) is 3.08. The molecule has 2 rings (SSSR count). The van der Waals surface area contributed by atoms with E-state index in [1.54, 1.807) is 7.11 Å². The lowest BCUT2D eigenvalue weighted by molar-refractivity contribution is 0.0968. The Bertz CT molecular complexity index is 476. The van der Waals surface area contributed by atoms with Gasteiger partial charge in [-0.3, -0.25) is 4.79 Å². The number of ketones is 1. The second-order valence-electron chi connectivity index (χ2n) is 5.83. The van der Waals surface area contributed by atoms with Gasteiger partial charge in [-0.2, -0.15) is 0 Å². The third-order valence-corrected chi connectivity index (χ3v) is 4.12. The van der Waals surface area contributed by atoms with Gasteiger partial charge < -0.3 is 10.1 Å². The van der Waals surface area contributed by atoms with Crippen molar-refractivity contribution >= 4 is 5.78 Å². The van der Waals surface area contributed by atoms with Crippen LogP contribution >= 0.6 is 0 Å². The van der Waals surface area contributed by atoms with Crippen molar-refractivity contribution < 1.29 is 9.53 Å². The van der Waals surface area contributed by atoms with Gasteiger partial charge in [-0.25, -0.2) is 0 Å².